The number of rotatable bonds is 8. The van der Waals surface area contributed by atoms with Gasteiger partial charge in [-0.2, -0.15) is 0 Å². The van der Waals surface area contributed by atoms with E-state index in [0.29, 0.717) is 16.9 Å². The first-order chi connectivity index (χ1) is 16.4. The van der Waals surface area contributed by atoms with Crippen molar-refractivity contribution >= 4 is 11.8 Å². The third-order valence-electron chi connectivity index (χ3n) is 6.04. The summed E-state index contributed by atoms with van der Waals surface area (Å²) in [5, 5.41) is 39.8. The third-order valence-corrected chi connectivity index (χ3v) is 6.04. The molecule has 1 aliphatic rings. The van der Waals surface area contributed by atoms with E-state index in [2.05, 4.69) is 20.8 Å². The van der Waals surface area contributed by atoms with Crippen LogP contribution < -0.4 is 4.74 Å². The molecule has 35 heavy (non-hydrogen) atoms. The fourth-order valence-electron chi connectivity index (χ4n) is 3.83. The summed E-state index contributed by atoms with van der Waals surface area (Å²) in [5.41, 5.74) is 2.01. The van der Waals surface area contributed by atoms with Crippen LogP contribution in [0.1, 0.15) is 54.8 Å². The van der Waals surface area contributed by atoms with Crippen LogP contribution in [0.3, 0.4) is 0 Å². The van der Waals surface area contributed by atoms with Crippen LogP contribution in [-0.4, -0.2) is 70.0 Å². The molecule has 2 aromatic rings. The first-order valence-electron chi connectivity index (χ1n) is 11.3. The lowest BCUT2D eigenvalue weighted by atomic mass is 9.86. The van der Waals surface area contributed by atoms with Crippen molar-refractivity contribution in [3.8, 4) is 5.75 Å². The Balaban J connectivity index is 1.86. The average molecular weight is 489 g/mol. The minimum absolute atomic E-state index is 0.0726. The number of benzene rings is 2. The first kappa shape index (κ1) is 26.8. The average Bonchev–Trinajstić information content (AvgIpc) is 2.83. The van der Waals surface area contributed by atoms with E-state index in [-0.39, 0.29) is 17.6 Å². The van der Waals surface area contributed by atoms with Crippen LogP contribution in [0, 0.1) is 0 Å². The topological polar surface area (TPSA) is 143 Å². The van der Waals surface area contributed by atoms with Crippen molar-refractivity contribution < 1.29 is 44.2 Å². The van der Waals surface area contributed by atoms with Gasteiger partial charge in [-0.05, 0) is 28.7 Å². The number of aliphatic hydroxyl groups is 3. The maximum absolute atomic E-state index is 13.1. The van der Waals surface area contributed by atoms with Gasteiger partial charge in [-0.25, -0.2) is 4.79 Å². The van der Waals surface area contributed by atoms with Gasteiger partial charge in [0.2, 0.25) is 0 Å². The quantitative estimate of drug-likeness (QED) is 0.411. The molecule has 0 aromatic heterocycles. The van der Waals surface area contributed by atoms with E-state index in [9.17, 15) is 30.0 Å². The zero-order valence-electron chi connectivity index (χ0n) is 20.1. The second kappa shape index (κ2) is 10.8. The van der Waals surface area contributed by atoms with Gasteiger partial charge < -0.3 is 34.6 Å². The molecule has 0 spiro atoms. The van der Waals surface area contributed by atoms with E-state index in [4.69, 9.17) is 14.2 Å². The predicted octanol–water partition coefficient (Wildman–Crippen LogP) is 2.22. The van der Waals surface area contributed by atoms with E-state index in [1.807, 2.05) is 12.1 Å². The molecule has 0 amide bonds. The minimum atomic E-state index is -1.84. The molecule has 0 radical (unpaired) electrons. The lowest BCUT2D eigenvalue weighted by Gasteiger charge is -2.39. The SMILES string of the molecule is COc1ccc(C(CC(=O)c2ccc(C(C)(C)C)cc2)OC2OC(C(=O)O)C(O)C(O)C2O)cc1. The highest BCUT2D eigenvalue weighted by atomic mass is 16.7. The number of ketones is 1. The normalized spacial score (nSPS) is 25.6. The van der Waals surface area contributed by atoms with E-state index in [0.717, 1.165) is 5.56 Å². The van der Waals surface area contributed by atoms with Gasteiger partial charge in [0.15, 0.2) is 18.2 Å². The Hall–Kier alpha value is -2.82. The number of ether oxygens (including phenoxy) is 3. The molecule has 2 aromatic carbocycles. The molecule has 190 valence electrons. The van der Waals surface area contributed by atoms with Crippen LogP contribution in [0.5, 0.6) is 5.75 Å². The van der Waals surface area contributed by atoms with Crippen molar-refractivity contribution in [3.63, 3.8) is 0 Å². The minimum Gasteiger partial charge on any atom is -0.497 e. The summed E-state index contributed by atoms with van der Waals surface area (Å²) in [6.07, 6.45) is -9.90. The Bertz CT molecular complexity index is 1010. The molecule has 9 nitrogen and oxygen atoms in total. The molecule has 6 atom stereocenters. The van der Waals surface area contributed by atoms with Crippen molar-refractivity contribution in [3.05, 3.63) is 65.2 Å². The van der Waals surface area contributed by atoms with Gasteiger partial charge in [-0.3, -0.25) is 4.79 Å². The summed E-state index contributed by atoms with van der Waals surface area (Å²) in [6, 6.07) is 13.9. The molecule has 6 unspecified atom stereocenters. The van der Waals surface area contributed by atoms with Crippen LogP contribution >= 0.6 is 0 Å². The Labute approximate surface area is 203 Å². The number of carboxylic acids is 1. The Kier molecular flexibility index (Phi) is 8.30. The van der Waals surface area contributed by atoms with Gasteiger partial charge in [0.1, 0.15) is 24.1 Å². The molecule has 0 saturated carbocycles. The fourth-order valence-corrected chi connectivity index (χ4v) is 3.83. The van der Waals surface area contributed by atoms with Gasteiger partial charge in [-0.15, -0.1) is 0 Å². The van der Waals surface area contributed by atoms with Gasteiger partial charge in [0, 0.05) is 12.0 Å². The summed E-state index contributed by atoms with van der Waals surface area (Å²) < 4.78 is 16.3. The molecule has 1 fully saturated rings. The standard InChI is InChI=1S/C26H32O9/c1-26(2,3)16-9-5-14(6-10-16)18(27)13-19(15-7-11-17(33-4)12-8-15)34-25-22(30)20(28)21(29)23(35-25)24(31)32/h5-12,19-23,25,28-30H,13H2,1-4H3,(H,31,32). The van der Waals surface area contributed by atoms with Crippen molar-refractivity contribution in [1.82, 2.24) is 0 Å². The highest BCUT2D eigenvalue weighted by Gasteiger charge is 2.48. The number of carboxylic acid groups (broad SMARTS) is 1. The molecule has 1 saturated heterocycles. The van der Waals surface area contributed by atoms with Crippen molar-refractivity contribution in [2.24, 2.45) is 0 Å². The summed E-state index contributed by atoms with van der Waals surface area (Å²) >= 11 is 0. The maximum Gasteiger partial charge on any atom is 0.335 e. The zero-order valence-corrected chi connectivity index (χ0v) is 20.1. The lowest BCUT2D eigenvalue weighted by Crippen LogP contribution is -2.60. The molecule has 4 N–H and O–H groups in total. The van der Waals surface area contributed by atoms with E-state index >= 15 is 0 Å². The molecule has 1 heterocycles. The zero-order chi connectivity index (χ0) is 25.9. The highest BCUT2D eigenvalue weighted by molar-refractivity contribution is 5.96. The molecule has 0 aliphatic carbocycles. The number of hydrogen-bond acceptors (Lipinski definition) is 8. The third kappa shape index (κ3) is 6.25. The van der Waals surface area contributed by atoms with Crippen LogP contribution in [0.2, 0.25) is 0 Å². The van der Waals surface area contributed by atoms with Crippen molar-refractivity contribution in [2.75, 3.05) is 7.11 Å². The number of methoxy groups -OCH3 is 1. The number of aliphatic hydroxyl groups excluding tert-OH is 3. The van der Waals surface area contributed by atoms with Crippen molar-refractivity contribution in [2.45, 2.75) is 69.4 Å². The van der Waals surface area contributed by atoms with Crippen LogP contribution in [0.25, 0.3) is 0 Å². The Morgan fingerprint density at radius 3 is 2.06 bits per heavy atom. The first-order valence-corrected chi connectivity index (χ1v) is 11.3. The molecule has 1 aliphatic heterocycles. The lowest BCUT2D eigenvalue weighted by molar-refractivity contribution is -0.305. The van der Waals surface area contributed by atoms with Crippen LogP contribution in [0.15, 0.2) is 48.5 Å². The molecule has 9 heteroatoms. The molecule has 0 bridgehead atoms. The Morgan fingerprint density at radius 2 is 1.54 bits per heavy atom. The monoisotopic (exact) mass is 488 g/mol. The second-order valence-electron chi connectivity index (χ2n) is 9.59. The van der Waals surface area contributed by atoms with Gasteiger partial charge in [0.05, 0.1) is 13.2 Å². The smallest absolute Gasteiger partial charge is 0.335 e. The largest absolute Gasteiger partial charge is 0.497 e. The molecular weight excluding hydrogens is 456 g/mol. The maximum atomic E-state index is 13.1. The highest BCUT2D eigenvalue weighted by Crippen LogP contribution is 2.32. The second-order valence-corrected chi connectivity index (χ2v) is 9.59. The Morgan fingerprint density at radius 1 is 0.943 bits per heavy atom. The van der Waals surface area contributed by atoms with Crippen molar-refractivity contribution in [1.29, 1.82) is 0 Å². The van der Waals surface area contributed by atoms with E-state index < -0.39 is 42.8 Å². The number of carbonyl (C=O) groups is 2. The van der Waals surface area contributed by atoms with E-state index in [1.54, 1.807) is 36.4 Å². The van der Waals surface area contributed by atoms with Gasteiger partial charge in [-0.1, -0.05) is 57.2 Å². The fraction of sp³-hybridized carbons (Fsp3) is 0.462. The number of Topliss-reactive ketones (excluding diaryl/α,β-unsaturated/α-hetero) is 1. The number of aliphatic carboxylic acids is 1. The summed E-state index contributed by atoms with van der Waals surface area (Å²) in [4.78, 5) is 24.6. The molecule has 3 rings (SSSR count). The molecular formula is C26H32O9. The number of hydrogen-bond donors (Lipinski definition) is 4. The van der Waals surface area contributed by atoms with Crippen LogP contribution in [-0.2, 0) is 19.7 Å². The summed E-state index contributed by atoms with van der Waals surface area (Å²) in [6.45, 7) is 6.22. The summed E-state index contributed by atoms with van der Waals surface area (Å²) in [7, 11) is 1.51. The number of carbonyl (C=O) groups excluding carboxylic acids is 1. The predicted molar refractivity (Wildman–Crippen MR) is 125 cm³/mol. The van der Waals surface area contributed by atoms with E-state index in [1.165, 1.54) is 7.11 Å². The van der Waals surface area contributed by atoms with Crippen LogP contribution in [0.4, 0.5) is 0 Å². The van der Waals surface area contributed by atoms with Gasteiger partial charge in [0.25, 0.3) is 0 Å². The summed E-state index contributed by atoms with van der Waals surface area (Å²) in [5.74, 6) is -1.19. The van der Waals surface area contributed by atoms with Gasteiger partial charge >= 0.3 is 5.97 Å².